The molecule has 0 unspecified atom stereocenters. The van der Waals surface area contributed by atoms with Crippen LogP contribution >= 0.6 is 35.3 Å². The minimum atomic E-state index is 0. The molecule has 2 N–H and O–H groups in total. The Kier molecular flexibility index (Phi) is 10.3. The van der Waals surface area contributed by atoms with E-state index in [1.165, 1.54) is 4.88 Å². The third-order valence-electron chi connectivity index (χ3n) is 3.39. The predicted molar refractivity (Wildman–Crippen MR) is 120 cm³/mol. The Hall–Kier alpha value is -1.55. The summed E-state index contributed by atoms with van der Waals surface area (Å²) in [7, 11) is 1.63. The van der Waals surface area contributed by atoms with Crippen molar-refractivity contribution in [2.24, 2.45) is 4.99 Å². The second-order valence-electron chi connectivity index (χ2n) is 5.19. The number of rotatable bonds is 8. The Balaban J connectivity index is 0.00000338. The van der Waals surface area contributed by atoms with Crippen molar-refractivity contribution in [1.29, 1.82) is 0 Å². The summed E-state index contributed by atoms with van der Waals surface area (Å²) in [6.07, 6.45) is 2.93. The van der Waals surface area contributed by atoms with Crippen LogP contribution in [0.3, 0.4) is 0 Å². The van der Waals surface area contributed by atoms with Gasteiger partial charge in [0.15, 0.2) is 17.5 Å². The maximum Gasteiger partial charge on any atom is 0.196 e. The Morgan fingerprint density at radius 3 is 2.65 bits per heavy atom. The van der Waals surface area contributed by atoms with Gasteiger partial charge < -0.3 is 20.1 Å². The van der Waals surface area contributed by atoms with Crippen LogP contribution in [0.15, 0.2) is 29.4 Å². The topological polar surface area (TPSA) is 67.8 Å². The first-order valence-corrected chi connectivity index (χ1v) is 9.31. The molecule has 0 amide bonds. The maximum absolute atomic E-state index is 5.55. The quantitative estimate of drug-likeness (QED) is 0.328. The van der Waals surface area contributed by atoms with E-state index in [0.29, 0.717) is 24.9 Å². The van der Waals surface area contributed by atoms with Gasteiger partial charge in [0, 0.05) is 29.4 Å². The highest BCUT2D eigenvalue weighted by Gasteiger charge is 2.07. The molecule has 2 rings (SSSR count). The highest BCUT2D eigenvalue weighted by Crippen LogP contribution is 2.30. The first-order valence-electron chi connectivity index (χ1n) is 8.49. The van der Waals surface area contributed by atoms with Crippen molar-refractivity contribution >= 4 is 47.0 Å². The zero-order chi connectivity index (χ0) is 18.1. The number of aryl methyl sites for hydroxylation is 1. The van der Waals surface area contributed by atoms with Gasteiger partial charge in [0.05, 0.1) is 20.3 Å². The van der Waals surface area contributed by atoms with E-state index in [9.17, 15) is 0 Å². The molecule has 0 saturated carbocycles. The van der Waals surface area contributed by atoms with Gasteiger partial charge in [0.1, 0.15) is 5.01 Å². The van der Waals surface area contributed by atoms with Crippen molar-refractivity contribution in [2.75, 3.05) is 25.6 Å². The van der Waals surface area contributed by atoms with Gasteiger partial charge in [-0.05, 0) is 32.4 Å². The Labute approximate surface area is 176 Å². The van der Waals surface area contributed by atoms with E-state index in [1.807, 2.05) is 38.2 Å². The number of nitrogens with zero attached hydrogens (tertiary/aromatic N) is 2. The summed E-state index contributed by atoms with van der Waals surface area (Å²) in [5.41, 5.74) is 0.883. The maximum atomic E-state index is 5.55. The van der Waals surface area contributed by atoms with Crippen LogP contribution in [0.5, 0.6) is 11.5 Å². The second-order valence-corrected chi connectivity index (χ2v) is 6.39. The molecule has 144 valence electrons. The highest BCUT2D eigenvalue weighted by molar-refractivity contribution is 14.0. The molecular weight excluding hydrogens is 463 g/mol. The molecule has 1 aromatic heterocycles. The zero-order valence-corrected chi connectivity index (χ0v) is 18.8. The van der Waals surface area contributed by atoms with E-state index in [1.54, 1.807) is 18.4 Å². The van der Waals surface area contributed by atoms with Gasteiger partial charge in [0.2, 0.25) is 0 Å². The third kappa shape index (κ3) is 6.64. The average molecular weight is 490 g/mol. The number of anilines is 1. The molecule has 2 aromatic rings. The minimum Gasteiger partial charge on any atom is -0.493 e. The summed E-state index contributed by atoms with van der Waals surface area (Å²) in [5, 5.41) is 7.55. The van der Waals surface area contributed by atoms with E-state index < -0.39 is 0 Å². The van der Waals surface area contributed by atoms with E-state index in [0.717, 1.165) is 29.4 Å². The van der Waals surface area contributed by atoms with Crippen molar-refractivity contribution < 1.29 is 9.47 Å². The van der Waals surface area contributed by atoms with Crippen molar-refractivity contribution in [1.82, 2.24) is 10.3 Å². The number of hydrogen-bond donors (Lipinski definition) is 2. The Bertz CT molecular complexity index is 706. The number of aromatic nitrogens is 1. The van der Waals surface area contributed by atoms with E-state index in [2.05, 4.69) is 27.5 Å². The van der Waals surface area contributed by atoms with Crippen LogP contribution in [-0.4, -0.2) is 31.2 Å². The normalized spacial score (nSPS) is 10.8. The molecule has 0 bridgehead atoms. The summed E-state index contributed by atoms with van der Waals surface area (Å²) >= 11 is 1.70. The standard InChI is InChI=1S/C18H26N4O2S.HI/c1-5-14-11-20-17(25-14)12-21-18(19-6-2)22-13-8-9-15(24-7-3)16(10-13)23-4;/h8-11H,5-7,12H2,1-4H3,(H2,19,21,22);1H. The molecule has 0 radical (unpaired) electrons. The smallest absolute Gasteiger partial charge is 0.196 e. The molecule has 8 heteroatoms. The van der Waals surface area contributed by atoms with Crippen molar-refractivity contribution in [3.05, 3.63) is 34.3 Å². The third-order valence-corrected chi connectivity index (χ3v) is 4.52. The molecule has 0 aliphatic heterocycles. The van der Waals surface area contributed by atoms with Crippen LogP contribution in [0, 0.1) is 0 Å². The Morgan fingerprint density at radius 1 is 1.23 bits per heavy atom. The molecule has 0 fully saturated rings. The number of halogens is 1. The fourth-order valence-electron chi connectivity index (χ4n) is 2.20. The van der Waals surface area contributed by atoms with Gasteiger partial charge >= 0.3 is 0 Å². The van der Waals surface area contributed by atoms with Gasteiger partial charge in [-0.15, -0.1) is 35.3 Å². The van der Waals surface area contributed by atoms with Crippen LogP contribution in [0.2, 0.25) is 0 Å². The summed E-state index contributed by atoms with van der Waals surface area (Å²) in [6, 6.07) is 5.73. The van der Waals surface area contributed by atoms with Crippen LogP contribution in [-0.2, 0) is 13.0 Å². The van der Waals surface area contributed by atoms with Gasteiger partial charge in [-0.25, -0.2) is 9.98 Å². The van der Waals surface area contributed by atoms with Crippen molar-refractivity contribution in [3.8, 4) is 11.5 Å². The average Bonchev–Trinajstić information content (AvgIpc) is 3.09. The zero-order valence-electron chi connectivity index (χ0n) is 15.7. The molecule has 0 aliphatic rings. The summed E-state index contributed by atoms with van der Waals surface area (Å²) < 4.78 is 10.9. The van der Waals surface area contributed by atoms with E-state index in [4.69, 9.17) is 9.47 Å². The number of nitrogens with one attached hydrogen (secondary N) is 2. The highest BCUT2D eigenvalue weighted by atomic mass is 127. The molecule has 26 heavy (non-hydrogen) atoms. The summed E-state index contributed by atoms with van der Waals surface area (Å²) in [5.74, 6) is 2.13. The molecule has 0 spiro atoms. The van der Waals surface area contributed by atoms with Crippen molar-refractivity contribution in [3.63, 3.8) is 0 Å². The number of thiazole rings is 1. The monoisotopic (exact) mass is 490 g/mol. The van der Waals surface area contributed by atoms with E-state index >= 15 is 0 Å². The van der Waals surface area contributed by atoms with Crippen LogP contribution in [0.25, 0.3) is 0 Å². The second kappa shape index (κ2) is 11.9. The number of ether oxygens (including phenoxy) is 2. The molecule has 1 aromatic carbocycles. The first kappa shape index (κ1) is 22.5. The lowest BCUT2D eigenvalue weighted by Crippen LogP contribution is -2.30. The van der Waals surface area contributed by atoms with Crippen LogP contribution in [0.1, 0.15) is 30.7 Å². The van der Waals surface area contributed by atoms with Crippen molar-refractivity contribution in [2.45, 2.75) is 33.7 Å². The summed E-state index contributed by atoms with van der Waals surface area (Å²) in [6.45, 7) is 8.04. The fraction of sp³-hybridized carbons (Fsp3) is 0.444. The molecule has 0 atom stereocenters. The Morgan fingerprint density at radius 2 is 2.04 bits per heavy atom. The largest absolute Gasteiger partial charge is 0.493 e. The van der Waals surface area contributed by atoms with E-state index in [-0.39, 0.29) is 24.0 Å². The molecule has 0 aliphatic carbocycles. The molecule has 1 heterocycles. The summed E-state index contributed by atoms with van der Waals surface area (Å²) in [4.78, 5) is 10.3. The van der Waals surface area contributed by atoms with Gasteiger partial charge in [-0.3, -0.25) is 0 Å². The minimum absolute atomic E-state index is 0. The fourth-order valence-corrected chi connectivity index (χ4v) is 2.98. The molecular formula is C18H27IN4O2S. The molecule has 0 saturated heterocycles. The van der Waals surface area contributed by atoms with Gasteiger partial charge in [-0.2, -0.15) is 0 Å². The van der Waals surface area contributed by atoms with Gasteiger partial charge in [-0.1, -0.05) is 6.92 Å². The SMILES string of the molecule is CCNC(=NCc1ncc(CC)s1)Nc1ccc(OCC)c(OC)c1.I. The number of guanidine groups is 1. The number of aliphatic imine (C=N–C) groups is 1. The lowest BCUT2D eigenvalue weighted by atomic mass is 10.2. The van der Waals surface area contributed by atoms with Crippen LogP contribution < -0.4 is 20.1 Å². The predicted octanol–water partition coefficient (Wildman–Crippen LogP) is 4.31. The van der Waals surface area contributed by atoms with Crippen LogP contribution in [0.4, 0.5) is 5.69 Å². The lowest BCUT2D eigenvalue weighted by Gasteiger charge is -2.14. The number of benzene rings is 1. The van der Waals surface area contributed by atoms with Gasteiger partial charge in [0.25, 0.3) is 0 Å². The number of methoxy groups -OCH3 is 1. The first-order chi connectivity index (χ1) is 12.2. The number of hydrogen-bond acceptors (Lipinski definition) is 5. The molecule has 6 nitrogen and oxygen atoms in total. The lowest BCUT2D eigenvalue weighted by molar-refractivity contribution is 0.311.